The number of benzene rings is 1. The molecule has 1 amide bonds. The van der Waals surface area contributed by atoms with Gasteiger partial charge in [0.2, 0.25) is 0 Å². The standard InChI is InChI=1S/C16H25NO4/c1-16(2,3)21-15(19)17-9-8-13(18)10-12-6-5-7-14(11-12)20-4/h5-7,11,13,18H,8-10H2,1-4H3,(H,17,19)/t13-/m0/s1. The van der Waals surface area contributed by atoms with Crippen LogP contribution in [0.2, 0.25) is 0 Å². The van der Waals surface area contributed by atoms with Gasteiger partial charge in [0.15, 0.2) is 0 Å². The third kappa shape index (κ3) is 7.56. The molecule has 0 spiro atoms. The molecule has 118 valence electrons. The molecule has 21 heavy (non-hydrogen) atoms. The van der Waals surface area contributed by atoms with Gasteiger partial charge in [0, 0.05) is 6.54 Å². The lowest BCUT2D eigenvalue weighted by atomic mass is 10.1. The van der Waals surface area contributed by atoms with E-state index in [1.54, 1.807) is 7.11 Å². The Hall–Kier alpha value is -1.75. The SMILES string of the molecule is COc1cccc(C[C@@H](O)CCNC(=O)OC(C)(C)C)c1. The number of aliphatic hydroxyl groups is 1. The molecule has 1 aromatic rings. The van der Waals surface area contributed by atoms with Crippen molar-refractivity contribution in [2.75, 3.05) is 13.7 Å². The Labute approximate surface area is 126 Å². The highest BCUT2D eigenvalue weighted by Gasteiger charge is 2.16. The lowest BCUT2D eigenvalue weighted by Crippen LogP contribution is -2.34. The van der Waals surface area contributed by atoms with Crippen LogP contribution in [0.15, 0.2) is 24.3 Å². The van der Waals surface area contributed by atoms with Crippen LogP contribution in [-0.2, 0) is 11.2 Å². The highest BCUT2D eigenvalue weighted by molar-refractivity contribution is 5.67. The molecule has 0 bridgehead atoms. The molecule has 5 nitrogen and oxygen atoms in total. The van der Waals surface area contributed by atoms with Gasteiger partial charge in [-0.2, -0.15) is 0 Å². The fourth-order valence-corrected chi connectivity index (χ4v) is 1.83. The number of aliphatic hydroxyl groups excluding tert-OH is 1. The van der Waals surface area contributed by atoms with Crippen LogP contribution in [0.4, 0.5) is 4.79 Å². The maximum Gasteiger partial charge on any atom is 0.407 e. The highest BCUT2D eigenvalue weighted by Crippen LogP contribution is 2.14. The van der Waals surface area contributed by atoms with Crippen molar-refractivity contribution in [3.63, 3.8) is 0 Å². The van der Waals surface area contributed by atoms with E-state index in [2.05, 4.69) is 5.32 Å². The number of nitrogens with one attached hydrogen (secondary N) is 1. The Morgan fingerprint density at radius 1 is 1.38 bits per heavy atom. The second-order valence-corrected chi connectivity index (χ2v) is 5.93. The molecule has 0 aliphatic rings. The molecule has 0 saturated carbocycles. The van der Waals surface area contributed by atoms with Gasteiger partial charge in [-0.25, -0.2) is 4.79 Å². The quantitative estimate of drug-likeness (QED) is 0.846. The summed E-state index contributed by atoms with van der Waals surface area (Å²) in [5, 5.41) is 12.6. The molecule has 2 N–H and O–H groups in total. The number of carbonyl (C=O) groups excluding carboxylic acids is 1. The topological polar surface area (TPSA) is 67.8 Å². The van der Waals surface area contributed by atoms with E-state index in [-0.39, 0.29) is 0 Å². The van der Waals surface area contributed by atoms with Gasteiger partial charge in [-0.15, -0.1) is 0 Å². The van der Waals surface area contributed by atoms with Crippen LogP contribution in [0.1, 0.15) is 32.8 Å². The smallest absolute Gasteiger partial charge is 0.407 e. The summed E-state index contributed by atoms with van der Waals surface area (Å²) in [5.41, 5.74) is 0.489. The van der Waals surface area contributed by atoms with E-state index in [1.807, 2.05) is 45.0 Å². The average Bonchev–Trinajstić information content (AvgIpc) is 2.36. The van der Waals surface area contributed by atoms with Crippen LogP contribution in [0.5, 0.6) is 5.75 Å². The van der Waals surface area contributed by atoms with Gasteiger partial charge in [0.05, 0.1) is 13.2 Å². The van der Waals surface area contributed by atoms with Crippen molar-refractivity contribution >= 4 is 6.09 Å². The third-order valence-electron chi connectivity index (χ3n) is 2.75. The number of amides is 1. The van der Waals surface area contributed by atoms with Crippen LogP contribution in [0.3, 0.4) is 0 Å². The number of methoxy groups -OCH3 is 1. The van der Waals surface area contributed by atoms with Crippen molar-refractivity contribution in [1.82, 2.24) is 5.32 Å². The molecule has 0 saturated heterocycles. The van der Waals surface area contributed by atoms with Crippen molar-refractivity contribution in [3.8, 4) is 5.75 Å². The molecule has 1 rings (SSSR count). The summed E-state index contributed by atoms with van der Waals surface area (Å²) in [6, 6.07) is 7.58. The van der Waals surface area contributed by atoms with Gasteiger partial charge >= 0.3 is 6.09 Å². The monoisotopic (exact) mass is 295 g/mol. The maximum absolute atomic E-state index is 11.5. The van der Waals surface area contributed by atoms with Gasteiger partial charge in [0.1, 0.15) is 11.4 Å². The van der Waals surface area contributed by atoms with E-state index >= 15 is 0 Å². The molecule has 0 radical (unpaired) electrons. The summed E-state index contributed by atoms with van der Waals surface area (Å²) < 4.78 is 10.3. The first-order chi connectivity index (χ1) is 9.80. The summed E-state index contributed by atoms with van der Waals surface area (Å²) in [4.78, 5) is 11.5. The summed E-state index contributed by atoms with van der Waals surface area (Å²) in [6.07, 6.45) is 0.00651. The summed E-state index contributed by atoms with van der Waals surface area (Å²) in [5.74, 6) is 0.770. The van der Waals surface area contributed by atoms with E-state index in [4.69, 9.17) is 9.47 Å². The summed E-state index contributed by atoms with van der Waals surface area (Å²) >= 11 is 0. The van der Waals surface area contributed by atoms with Crippen molar-refractivity contribution in [2.24, 2.45) is 0 Å². The van der Waals surface area contributed by atoms with Crippen LogP contribution < -0.4 is 10.1 Å². The summed E-state index contributed by atoms with van der Waals surface area (Å²) in [7, 11) is 1.61. The van der Waals surface area contributed by atoms with Crippen molar-refractivity contribution in [2.45, 2.75) is 45.3 Å². The van der Waals surface area contributed by atoms with Crippen LogP contribution in [0.25, 0.3) is 0 Å². The molecule has 0 aromatic heterocycles. The lowest BCUT2D eigenvalue weighted by Gasteiger charge is -2.20. The number of hydrogen-bond donors (Lipinski definition) is 2. The zero-order valence-corrected chi connectivity index (χ0v) is 13.2. The molecular weight excluding hydrogens is 270 g/mol. The molecule has 0 aliphatic heterocycles. The predicted octanol–water partition coefficient (Wildman–Crippen LogP) is 2.51. The Balaban J connectivity index is 2.31. The molecule has 1 atom stereocenters. The zero-order chi connectivity index (χ0) is 15.9. The Morgan fingerprint density at radius 2 is 2.10 bits per heavy atom. The maximum atomic E-state index is 11.5. The number of carbonyl (C=O) groups is 1. The molecule has 1 aromatic carbocycles. The van der Waals surface area contributed by atoms with E-state index in [0.29, 0.717) is 19.4 Å². The normalized spacial score (nSPS) is 12.6. The fraction of sp³-hybridized carbons (Fsp3) is 0.562. The number of rotatable bonds is 6. The molecule has 0 heterocycles. The largest absolute Gasteiger partial charge is 0.497 e. The fourth-order valence-electron chi connectivity index (χ4n) is 1.83. The van der Waals surface area contributed by atoms with Crippen LogP contribution >= 0.6 is 0 Å². The van der Waals surface area contributed by atoms with Gasteiger partial charge < -0.3 is 19.9 Å². The number of hydrogen-bond acceptors (Lipinski definition) is 4. The van der Waals surface area contributed by atoms with E-state index in [0.717, 1.165) is 11.3 Å². The van der Waals surface area contributed by atoms with Gasteiger partial charge in [0.25, 0.3) is 0 Å². The second-order valence-electron chi connectivity index (χ2n) is 5.93. The molecule has 0 aliphatic carbocycles. The Morgan fingerprint density at radius 3 is 2.71 bits per heavy atom. The molecule has 5 heteroatoms. The molecule has 0 unspecified atom stereocenters. The second kappa shape index (κ2) is 7.88. The van der Waals surface area contributed by atoms with Crippen LogP contribution in [-0.4, -0.2) is 36.6 Å². The van der Waals surface area contributed by atoms with Crippen LogP contribution in [0, 0.1) is 0 Å². The first-order valence-corrected chi connectivity index (χ1v) is 7.08. The minimum absolute atomic E-state index is 0.375. The third-order valence-corrected chi connectivity index (χ3v) is 2.75. The first-order valence-electron chi connectivity index (χ1n) is 7.08. The molecular formula is C16H25NO4. The van der Waals surface area contributed by atoms with Crippen molar-refractivity contribution in [3.05, 3.63) is 29.8 Å². The minimum Gasteiger partial charge on any atom is -0.497 e. The predicted molar refractivity (Wildman–Crippen MR) is 81.6 cm³/mol. The molecule has 0 fully saturated rings. The van der Waals surface area contributed by atoms with E-state index < -0.39 is 17.8 Å². The highest BCUT2D eigenvalue weighted by atomic mass is 16.6. The number of alkyl carbamates (subject to hydrolysis) is 1. The Kier molecular flexibility index (Phi) is 6.49. The van der Waals surface area contributed by atoms with E-state index in [9.17, 15) is 9.90 Å². The zero-order valence-electron chi connectivity index (χ0n) is 13.2. The van der Waals surface area contributed by atoms with Crippen molar-refractivity contribution in [1.29, 1.82) is 0 Å². The van der Waals surface area contributed by atoms with E-state index in [1.165, 1.54) is 0 Å². The van der Waals surface area contributed by atoms with Gasteiger partial charge in [-0.05, 0) is 51.3 Å². The van der Waals surface area contributed by atoms with Crippen molar-refractivity contribution < 1.29 is 19.4 Å². The first kappa shape index (κ1) is 17.3. The Bertz CT molecular complexity index is 454. The van der Waals surface area contributed by atoms with Gasteiger partial charge in [-0.3, -0.25) is 0 Å². The number of ether oxygens (including phenoxy) is 2. The minimum atomic E-state index is -0.521. The summed E-state index contributed by atoms with van der Waals surface area (Å²) in [6.45, 7) is 5.80. The lowest BCUT2D eigenvalue weighted by molar-refractivity contribution is 0.0518. The average molecular weight is 295 g/mol. The van der Waals surface area contributed by atoms with Gasteiger partial charge in [-0.1, -0.05) is 12.1 Å².